The summed E-state index contributed by atoms with van der Waals surface area (Å²) in [4.78, 5) is 4.28. The highest BCUT2D eigenvalue weighted by atomic mass is 16.3. The molecule has 1 aromatic heterocycles. The van der Waals surface area contributed by atoms with Crippen molar-refractivity contribution in [2.45, 2.75) is 51.7 Å². The Balaban J connectivity index is 2.17. The van der Waals surface area contributed by atoms with E-state index in [9.17, 15) is 5.11 Å². The summed E-state index contributed by atoms with van der Waals surface area (Å²) in [6, 6.07) is 0.347. The molecular formula is C10H17N3O. The van der Waals surface area contributed by atoms with Crippen molar-refractivity contribution in [3.63, 3.8) is 0 Å². The van der Waals surface area contributed by atoms with Gasteiger partial charge in [-0.3, -0.25) is 0 Å². The van der Waals surface area contributed by atoms with E-state index in [2.05, 4.69) is 10.1 Å². The molecule has 0 aromatic carbocycles. The lowest BCUT2D eigenvalue weighted by Gasteiger charge is -2.26. The molecular weight excluding hydrogens is 178 g/mol. The molecule has 4 nitrogen and oxygen atoms in total. The molecule has 1 N–H and O–H groups in total. The Labute approximate surface area is 84.0 Å². The second-order valence-electron chi connectivity index (χ2n) is 4.13. The molecule has 0 radical (unpaired) electrons. The summed E-state index contributed by atoms with van der Waals surface area (Å²) in [5, 5.41) is 13.9. The van der Waals surface area contributed by atoms with Crippen LogP contribution in [-0.4, -0.2) is 26.0 Å². The number of hydrogen-bond acceptors (Lipinski definition) is 3. The van der Waals surface area contributed by atoms with Gasteiger partial charge >= 0.3 is 0 Å². The predicted molar refractivity (Wildman–Crippen MR) is 53.0 cm³/mol. The Morgan fingerprint density at radius 1 is 1.36 bits per heavy atom. The van der Waals surface area contributed by atoms with Crippen LogP contribution in [0.1, 0.15) is 43.4 Å². The van der Waals surface area contributed by atoms with Crippen LogP contribution in [0.4, 0.5) is 0 Å². The van der Waals surface area contributed by atoms with Crippen LogP contribution in [0.5, 0.6) is 0 Å². The molecule has 1 aromatic rings. The van der Waals surface area contributed by atoms with E-state index in [4.69, 9.17) is 0 Å². The van der Waals surface area contributed by atoms with Gasteiger partial charge in [0.25, 0.3) is 0 Å². The number of rotatable bonds is 1. The molecule has 1 saturated carbocycles. The Kier molecular flexibility index (Phi) is 2.54. The van der Waals surface area contributed by atoms with Crippen LogP contribution >= 0.6 is 0 Å². The average molecular weight is 195 g/mol. The second-order valence-corrected chi connectivity index (χ2v) is 4.13. The van der Waals surface area contributed by atoms with Crippen molar-refractivity contribution in [1.82, 2.24) is 14.8 Å². The third kappa shape index (κ3) is 1.80. The fourth-order valence-corrected chi connectivity index (χ4v) is 2.24. The van der Waals surface area contributed by atoms with Gasteiger partial charge in [0.15, 0.2) is 0 Å². The third-order valence-electron chi connectivity index (χ3n) is 2.87. The number of aliphatic hydroxyl groups is 1. The minimum atomic E-state index is -0.155. The summed E-state index contributed by atoms with van der Waals surface area (Å²) in [6.45, 7) is 3.88. The second kappa shape index (κ2) is 3.69. The van der Waals surface area contributed by atoms with Crippen molar-refractivity contribution in [3.05, 3.63) is 11.6 Å². The maximum absolute atomic E-state index is 9.58. The maximum atomic E-state index is 9.58. The third-order valence-corrected chi connectivity index (χ3v) is 2.87. The summed E-state index contributed by atoms with van der Waals surface area (Å²) < 4.78 is 1.97. The SMILES string of the molecule is Cc1nc(C)n(C2CCCC(O)C2)n1. The molecule has 0 amide bonds. The van der Waals surface area contributed by atoms with Gasteiger partial charge in [-0.2, -0.15) is 5.10 Å². The average Bonchev–Trinajstić information content (AvgIpc) is 2.45. The fraction of sp³-hybridized carbons (Fsp3) is 0.800. The van der Waals surface area contributed by atoms with Crippen molar-refractivity contribution in [2.75, 3.05) is 0 Å². The van der Waals surface area contributed by atoms with Crippen LogP contribution in [0, 0.1) is 13.8 Å². The quantitative estimate of drug-likeness (QED) is 0.736. The molecule has 1 aliphatic rings. The number of aromatic nitrogens is 3. The highest BCUT2D eigenvalue weighted by Gasteiger charge is 2.23. The van der Waals surface area contributed by atoms with Gasteiger partial charge in [0.05, 0.1) is 12.1 Å². The van der Waals surface area contributed by atoms with Gasteiger partial charge < -0.3 is 5.11 Å². The lowest BCUT2D eigenvalue weighted by Crippen LogP contribution is -2.23. The van der Waals surface area contributed by atoms with E-state index in [-0.39, 0.29) is 6.10 Å². The summed E-state index contributed by atoms with van der Waals surface area (Å²) in [7, 11) is 0. The number of nitrogens with zero attached hydrogens (tertiary/aromatic N) is 3. The summed E-state index contributed by atoms with van der Waals surface area (Å²) in [5.41, 5.74) is 0. The molecule has 1 aliphatic carbocycles. The van der Waals surface area contributed by atoms with Crippen LogP contribution in [0.2, 0.25) is 0 Å². The van der Waals surface area contributed by atoms with Crippen molar-refractivity contribution in [2.24, 2.45) is 0 Å². The van der Waals surface area contributed by atoms with Gasteiger partial charge in [-0.15, -0.1) is 0 Å². The monoisotopic (exact) mass is 195 g/mol. The fourth-order valence-electron chi connectivity index (χ4n) is 2.24. The number of aryl methyl sites for hydroxylation is 2. The van der Waals surface area contributed by atoms with E-state index < -0.39 is 0 Å². The molecule has 78 valence electrons. The number of aliphatic hydroxyl groups excluding tert-OH is 1. The Morgan fingerprint density at radius 3 is 2.71 bits per heavy atom. The molecule has 2 atom stereocenters. The lowest BCUT2D eigenvalue weighted by atomic mass is 9.93. The molecule has 2 unspecified atom stereocenters. The van der Waals surface area contributed by atoms with E-state index in [1.165, 1.54) is 0 Å². The van der Waals surface area contributed by atoms with E-state index in [0.717, 1.165) is 37.3 Å². The van der Waals surface area contributed by atoms with Crippen LogP contribution < -0.4 is 0 Å². The maximum Gasteiger partial charge on any atom is 0.147 e. The van der Waals surface area contributed by atoms with Crippen molar-refractivity contribution in [3.8, 4) is 0 Å². The van der Waals surface area contributed by atoms with Crippen LogP contribution in [0.25, 0.3) is 0 Å². The molecule has 1 heterocycles. The first kappa shape index (κ1) is 9.65. The lowest BCUT2D eigenvalue weighted by molar-refractivity contribution is 0.0993. The molecule has 0 bridgehead atoms. The smallest absolute Gasteiger partial charge is 0.147 e. The zero-order chi connectivity index (χ0) is 10.1. The van der Waals surface area contributed by atoms with E-state index in [1.807, 2.05) is 18.5 Å². The molecule has 0 saturated heterocycles. The van der Waals surface area contributed by atoms with E-state index in [1.54, 1.807) is 0 Å². The van der Waals surface area contributed by atoms with Gasteiger partial charge in [0, 0.05) is 0 Å². The minimum Gasteiger partial charge on any atom is -0.393 e. The van der Waals surface area contributed by atoms with E-state index in [0.29, 0.717) is 6.04 Å². The van der Waals surface area contributed by atoms with Crippen molar-refractivity contribution < 1.29 is 5.11 Å². The summed E-state index contributed by atoms with van der Waals surface area (Å²) >= 11 is 0. The predicted octanol–water partition coefficient (Wildman–Crippen LogP) is 1.37. The molecule has 0 aliphatic heterocycles. The Hall–Kier alpha value is -0.900. The Bertz CT molecular complexity index is 321. The Morgan fingerprint density at radius 2 is 2.14 bits per heavy atom. The highest BCUT2D eigenvalue weighted by Crippen LogP contribution is 2.28. The van der Waals surface area contributed by atoms with Gasteiger partial charge in [-0.25, -0.2) is 9.67 Å². The van der Waals surface area contributed by atoms with Crippen LogP contribution in [0.15, 0.2) is 0 Å². The molecule has 0 spiro atoms. The first-order valence-corrected chi connectivity index (χ1v) is 5.24. The molecule has 14 heavy (non-hydrogen) atoms. The largest absolute Gasteiger partial charge is 0.393 e. The summed E-state index contributed by atoms with van der Waals surface area (Å²) in [5.74, 6) is 1.78. The van der Waals surface area contributed by atoms with Crippen molar-refractivity contribution >= 4 is 0 Å². The topological polar surface area (TPSA) is 50.9 Å². The van der Waals surface area contributed by atoms with Crippen LogP contribution in [0.3, 0.4) is 0 Å². The standard InChI is InChI=1S/C10H17N3O/c1-7-11-8(2)13(12-7)9-4-3-5-10(14)6-9/h9-10,14H,3-6H2,1-2H3. The first-order chi connectivity index (χ1) is 6.66. The van der Waals surface area contributed by atoms with Crippen molar-refractivity contribution in [1.29, 1.82) is 0 Å². The zero-order valence-electron chi connectivity index (χ0n) is 8.77. The normalized spacial score (nSPS) is 27.9. The zero-order valence-corrected chi connectivity index (χ0v) is 8.77. The van der Waals surface area contributed by atoms with E-state index >= 15 is 0 Å². The number of hydrogen-bond donors (Lipinski definition) is 1. The molecule has 4 heteroatoms. The summed E-state index contributed by atoms with van der Waals surface area (Å²) in [6.07, 6.45) is 3.80. The van der Waals surface area contributed by atoms with Gasteiger partial charge in [0.1, 0.15) is 11.6 Å². The van der Waals surface area contributed by atoms with Gasteiger partial charge in [-0.1, -0.05) is 0 Å². The van der Waals surface area contributed by atoms with Gasteiger partial charge in [-0.05, 0) is 39.5 Å². The highest BCUT2D eigenvalue weighted by molar-refractivity contribution is 4.91. The molecule has 1 fully saturated rings. The minimum absolute atomic E-state index is 0.155. The first-order valence-electron chi connectivity index (χ1n) is 5.24. The van der Waals surface area contributed by atoms with Crippen LogP contribution in [-0.2, 0) is 0 Å². The van der Waals surface area contributed by atoms with Gasteiger partial charge in [0.2, 0.25) is 0 Å². The molecule has 2 rings (SSSR count).